The van der Waals surface area contributed by atoms with Crippen LogP contribution in [0.4, 0.5) is 5.82 Å². The molecule has 0 bridgehead atoms. The monoisotopic (exact) mass is 294 g/mol. The highest BCUT2D eigenvalue weighted by Gasteiger charge is 2.23. The molecule has 0 aliphatic carbocycles. The zero-order valence-corrected chi connectivity index (χ0v) is 13.0. The van der Waals surface area contributed by atoms with Crippen LogP contribution in [0.2, 0.25) is 0 Å². The van der Waals surface area contributed by atoms with E-state index in [9.17, 15) is 4.79 Å². The van der Waals surface area contributed by atoms with Gasteiger partial charge in [0.2, 0.25) is 0 Å². The zero-order valence-electron chi connectivity index (χ0n) is 13.0. The number of aryl methyl sites for hydroxylation is 2. The number of anilines is 1. The van der Waals surface area contributed by atoms with Crippen LogP contribution in [0.5, 0.6) is 0 Å². The molecule has 2 heterocycles. The molecule has 4 heteroatoms. The number of amides is 1. The molecule has 1 aromatic heterocycles. The van der Waals surface area contributed by atoms with Crippen molar-refractivity contribution in [3.05, 3.63) is 59.3 Å². The van der Waals surface area contributed by atoms with E-state index in [0.29, 0.717) is 5.56 Å². The smallest absolute Gasteiger partial charge is 0.254 e. The number of pyridine rings is 1. The van der Waals surface area contributed by atoms with E-state index in [1.54, 1.807) is 6.07 Å². The third kappa shape index (κ3) is 2.96. The maximum atomic E-state index is 12.4. The molecule has 2 aromatic rings. The van der Waals surface area contributed by atoms with Crippen molar-refractivity contribution >= 4 is 11.7 Å². The van der Waals surface area contributed by atoms with E-state index in [1.807, 2.05) is 29.3 Å². The van der Waals surface area contributed by atoms with Gasteiger partial charge in [-0.3, -0.25) is 4.79 Å². The van der Waals surface area contributed by atoms with Gasteiger partial charge in [0.1, 0.15) is 5.82 Å². The van der Waals surface area contributed by atoms with E-state index in [4.69, 9.17) is 0 Å². The quantitative estimate of drug-likeness (QED) is 0.853. The van der Waals surface area contributed by atoms with Crippen LogP contribution in [-0.4, -0.2) is 42.0 Å². The molecule has 0 atom stereocenters. The summed E-state index contributed by atoms with van der Waals surface area (Å²) in [5, 5.41) is 0. The molecule has 4 nitrogen and oxygen atoms in total. The molecule has 1 aromatic carbocycles. The molecule has 1 amide bonds. The number of aromatic nitrogens is 1. The predicted octanol–water partition coefficient (Wildman–Crippen LogP) is 2.46. The normalized spacial score (nSPS) is 15.0. The molecule has 0 N–H and O–H groups in total. The first-order valence-corrected chi connectivity index (χ1v) is 7.59. The number of piperazine rings is 1. The van der Waals surface area contributed by atoms with Gasteiger partial charge in [0.15, 0.2) is 0 Å². The maximum absolute atomic E-state index is 12.4. The molecule has 1 fully saturated rings. The maximum Gasteiger partial charge on any atom is 0.254 e. The molecule has 113 valence electrons. The summed E-state index contributed by atoms with van der Waals surface area (Å²) in [6.07, 6.45) is 1.90. The number of carbonyl (C=O) groups is 1. The summed E-state index contributed by atoms with van der Waals surface area (Å²) in [6, 6.07) is 12.5. The first-order valence-electron chi connectivity index (χ1n) is 7.59. The lowest BCUT2D eigenvalue weighted by Crippen LogP contribution is -2.49. The van der Waals surface area contributed by atoms with Crippen molar-refractivity contribution in [1.82, 2.24) is 9.88 Å². The van der Waals surface area contributed by atoms with Gasteiger partial charge in [-0.05, 0) is 37.1 Å². The van der Waals surface area contributed by atoms with E-state index in [0.717, 1.165) is 32.0 Å². The van der Waals surface area contributed by atoms with Gasteiger partial charge in [0.25, 0.3) is 5.91 Å². The fourth-order valence-corrected chi connectivity index (χ4v) is 2.86. The zero-order chi connectivity index (χ0) is 15.5. The lowest BCUT2D eigenvalue weighted by atomic mass is 10.1. The summed E-state index contributed by atoms with van der Waals surface area (Å²) >= 11 is 0. The number of rotatable bonds is 2. The Morgan fingerprint density at radius 2 is 1.95 bits per heavy atom. The second-order valence-electron chi connectivity index (χ2n) is 5.71. The Morgan fingerprint density at radius 3 is 2.59 bits per heavy atom. The molecule has 22 heavy (non-hydrogen) atoms. The Morgan fingerprint density at radius 1 is 1.18 bits per heavy atom. The average molecular weight is 294 g/mol. The van der Waals surface area contributed by atoms with Gasteiger partial charge < -0.3 is 9.80 Å². The number of hydrogen-bond donors (Lipinski definition) is 0. The van der Waals surface area contributed by atoms with Crippen molar-refractivity contribution in [2.75, 3.05) is 31.1 Å². The van der Waals surface area contributed by atoms with Crippen LogP contribution in [0.15, 0.2) is 36.5 Å². The Hall–Kier alpha value is -2.36. The van der Waals surface area contributed by atoms with Gasteiger partial charge in [0, 0.05) is 37.9 Å². The van der Waals surface area contributed by atoms with Gasteiger partial charge in [-0.25, -0.2) is 4.98 Å². The number of hydrogen-bond acceptors (Lipinski definition) is 3. The molecule has 0 saturated carbocycles. The fourth-order valence-electron chi connectivity index (χ4n) is 2.86. The van der Waals surface area contributed by atoms with E-state index in [2.05, 4.69) is 35.9 Å². The second kappa shape index (κ2) is 6.18. The van der Waals surface area contributed by atoms with Crippen LogP contribution in [0.25, 0.3) is 0 Å². The standard InChI is InChI=1S/C18H20N3O/c1-14-12-15(2)17(19-13-14)20-8-10-21(11-9-20)18(22)16-6-4-3-5-7-16/h3-6,12-13H,8-11H2,1-2H3. The number of nitrogens with zero attached hydrogens (tertiary/aromatic N) is 3. The van der Waals surface area contributed by atoms with Crippen molar-refractivity contribution in [3.8, 4) is 0 Å². The molecule has 1 radical (unpaired) electrons. The van der Waals surface area contributed by atoms with Crippen LogP contribution in [-0.2, 0) is 0 Å². The van der Waals surface area contributed by atoms with Crippen molar-refractivity contribution in [1.29, 1.82) is 0 Å². The highest BCUT2D eigenvalue weighted by Crippen LogP contribution is 2.20. The van der Waals surface area contributed by atoms with E-state index in [1.165, 1.54) is 11.1 Å². The van der Waals surface area contributed by atoms with Crippen LogP contribution < -0.4 is 4.90 Å². The van der Waals surface area contributed by atoms with Crippen molar-refractivity contribution in [2.24, 2.45) is 0 Å². The largest absolute Gasteiger partial charge is 0.353 e. The third-order valence-electron chi connectivity index (χ3n) is 3.99. The van der Waals surface area contributed by atoms with Crippen LogP contribution in [0, 0.1) is 19.9 Å². The first-order chi connectivity index (χ1) is 10.6. The Balaban J connectivity index is 1.66. The van der Waals surface area contributed by atoms with Gasteiger partial charge in [-0.15, -0.1) is 0 Å². The minimum absolute atomic E-state index is 0.0637. The van der Waals surface area contributed by atoms with E-state index in [-0.39, 0.29) is 5.91 Å². The summed E-state index contributed by atoms with van der Waals surface area (Å²) in [4.78, 5) is 21.1. The molecule has 3 rings (SSSR count). The summed E-state index contributed by atoms with van der Waals surface area (Å²) in [5.41, 5.74) is 3.01. The molecule has 0 spiro atoms. The number of carbonyl (C=O) groups excluding carboxylic acids is 1. The molecule has 1 saturated heterocycles. The minimum atomic E-state index is 0.0637. The lowest BCUT2D eigenvalue weighted by molar-refractivity contribution is 0.0746. The first kappa shape index (κ1) is 14.6. The average Bonchev–Trinajstić information content (AvgIpc) is 2.55. The van der Waals surface area contributed by atoms with Gasteiger partial charge in [-0.2, -0.15) is 0 Å². The molecular formula is C18H20N3O. The third-order valence-corrected chi connectivity index (χ3v) is 3.99. The van der Waals surface area contributed by atoms with Gasteiger partial charge in [0.05, 0.1) is 0 Å². The fraction of sp³-hybridized carbons (Fsp3) is 0.333. The van der Waals surface area contributed by atoms with Crippen molar-refractivity contribution < 1.29 is 4.79 Å². The topological polar surface area (TPSA) is 36.4 Å². The lowest BCUT2D eigenvalue weighted by Gasteiger charge is -2.36. The summed E-state index contributed by atoms with van der Waals surface area (Å²) in [6.45, 7) is 7.21. The van der Waals surface area contributed by atoms with Crippen LogP contribution >= 0.6 is 0 Å². The molecule has 1 aliphatic heterocycles. The molecular weight excluding hydrogens is 274 g/mol. The van der Waals surface area contributed by atoms with Gasteiger partial charge >= 0.3 is 0 Å². The summed E-state index contributed by atoms with van der Waals surface area (Å²) in [5.74, 6) is 1.10. The van der Waals surface area contributed by atoms with Crippen molar-refractivity contribution in [3.63, 3.8) is 0 Å². The van der Waals surface area contributed by atoms with E-state index >= 15 is 0 Å². The molecule has 0 unspecified atom stereocenters. The van der Waals surface area contributed by atoms with Crippen molar-refractivity contribution in [2.45, 2.75) is 13.8 Å². The SMILES string of the molecule is Cc1cnc(N2CCN(C(=O)c3[c]cccc3)CC2)c(C)c1. The Labute approximate surface area is 131 Å². The Kier molecular flexibility index (Phi) is 4.09. The minimum Gasteiger partial charge on any atom is -0.353 e. The summed E-state index contributed by atoms with van der Waals surface area (Å²) in [7, 11) is 0. The van der Waals surface area contributed by atoms with E-state index < -0.39 is 0 Å². The highest BCUT2D eigenvalue weighted by molar-refractivity contribution is 5.94. The van der Waals surface area contributed by atoms with Gasteiger partial charge in [-0.1, -0.05) is 24.3 Å². The second-order valence-corrected chi connectivity index (χ2v) is 5.71. The van der Waals surface area contributed by atoms with Crippen LogP contribution in [0.1, 0.15) is 21.5 Å². The molecule has 1 aliphatic rings. The summed E-state index contributed by atoms with van der Waals surface area (Å²) < 4.78 is 0. The highest BCUT2D eigenvalue weighted by atomic mass is 16.2. The number of benzene rings is 1. The predicted molar refractivity (Wildman–Crippen MR) is 87.1 cm³/mol. The van der Waals surface area contributed by atoms with Crippen LogP contribution in [0.3, 0.4) is 0 Å². The Bertz CT molecular complexity index is 661.